The van der Waals surface area contributed by atoms with Crippen LogP contribution in [0.3, 0.4) is 0 Å². The molecule has 4 atom stereocenters. The lowest BCUT2D eigenvalue weighted by Crippen LogP contribution is -2.69. The van der Waals surface area contributed by atoms with Gasteiger partial charge in [-0.15, -0.1) is 0 Å². The summed E-state index contributed by atoms with van der Waals surface area (Å²) in [4.78, 5) is 11.4. The molecule has 1 saturated heterocycles. The minimum atomic E-state index is -0.105. The van der Waals surface area contributed by atoms with Crippen molar-refractivity contribution in [1.29, 1.82) is 0 Å². The van der Waals surface area contributed by atoms with Gasteiger partial charge in [0.15, 0.2) is 0 Å². The molecule has 1 amide bonds. The summed E-state index contributed by atoms with van der Waals surface area (Å²) >= 11 is 0. The number of rotatable bonds is 4. The second kappa shape index (κ2) is 4.47. The highest BCUT2D eigenvalue weighted by atomic mass is 16.5. The summed E-state index contributed by atoms with van der Waals surface area (Å²) in [6.45, 7) is 3.28. The van der Waals surface area contributed by atoms with Gasteiger partial charge in [-0.25, -0.2) is 0 Å². The minimum Gasteiger partial charge on any atom is -0.376 e. The van der Waals surface area contributed by atoms with Gasteiger partial charge in [0.1, 0.15) is 6.61 Å². The second-order valence-electron chi connectivity index (χ2n) is 4.10. The van der Waals surface area contributed by atoms with Crippen molar-refractivity contribution in [3.8, 4) is 0 Å². The Hall–Kier alpha value is -0.650. The van der Waals surface area contributed by atoms with Crippen LogP contribution in [0.1, 0.15) is 13.3 Å². The van der Waals surface area contributed by atoms with Crippen molar-refractivity contribution < 1.29 is 14.3 Å². The maximum absolute atomic E-state index is 11.4. The largest absolute Gasteiger partial charge is 0.376 e. The van der Waals surface area contributed by atoms with E-state index in [2.05, 4.69) is 5.32 Å². The summed E-state index contributed by atoms with van der Waals surface area (Å²) in [6, 6.07) is 0.0218. The maximum Gasteiger partial charge on any atom is 0.246 e. The summed E-state index contributed by atoms with van der Waals surface area (Å²) in [7, 11) is 0. The fraction of sp³-hybridized carbons (Fsp3) is 0.900. The molecule has 0 aromatic carbocycles. The molecule has 0 bridgehead atoms. The Morgan fingerprint density at radius 1 is 1.67 bits per heavy atom. The normalized spacial score (nSPS) is 38.3. The van der Waals surface area contributed by atoms with Gasteiger partial charge in [-0.05, 0) is 13.3 Å². The molecule has 1 aliphatic carbocycles. The summed E-state index contributed by atoms with van der Waals surface area (Å²) in [6.07, 6.45) is 1.15. The average Bonchev–Trinajstić information content (AvgIpc) is 2.67. The quantitative estimate of drug-likeness (QED) is 0.646. The number of ether oxygens (including phenoxy) is 2. The smallest absolute Gasteiger partial charge is 0.246 e. The summed E-state index contributed by atoms with van der Waals surface area (Å²) in [5.74, 6) is 0.327. The second-order valence-corrected chi connectivity index (χ2v) is 4.10. The number of hydrogen-bond donors (Lipinski definition) is 2. The lowest BCUT2D eigenvalue weighted by Gasteiger charge is -2.45. The number of fused-ring (bicyclic) bond motifs is 1. The van der Waals surface area contributed by atoms with Crippen LogP contribution < -0.4 is 11.1 Å². The number of nitrogens with two attached hydrogens (primary N) is 1. The Morgan fingerprint density at radius 2 is 2.47 bits per heavy atom. The van der Waals surface area contributed by atoms with Gasteiger partial charge in [0.2, 0.25) is 5.91 Å². The number of nitrogens with one attached hydrogen (secondary N) is 1. The van der Waals surface area contributed by atoms with Crippen LogP contribution in [0.5, 0.6) is 0 Å². The molecule has 1 saturated carbocycles. The van der Waals surface area contributed by atoms with Crippen molar-refractivity contribution in [3.05, 3.63) is 0 Å². The van der Waals surface area contributed by atoms with Crippen LogP contribution in [0.25, 0.3) is 0 Å². The van der Waals surface area contributed by atoms with Crippen LogP contribution in [0.15, 0.2) is 0 Å². The van der Waals surface area contributed by atoms with Crippen LogP contribution >= 0.6 is 0 Å². The molecule has 0 aromatic rings. The molecule has 0 radical (unpaired) electrons. The number of carbonyl (C=O) groups is 1. The van der Waals surface area contributed by atoms with E-state index in [1.54, 1.807) is 0 Å². The molecule has 0 aromatic heterocycles. The molecule has 2 rings (SSSR count). The number of carbonyl (C=O) groups excluding carboxylic acids is 1. The van der Waals surface area contributed by atoms with E-state index in [1.807, 2.05) is 6.92 Å². The maximum atomic E-state index is 11.4. The predicted octanol–water partition coefficient (Wildman–Crippen LogP) is -0.746. The van der Waals surface area contributed by atoms with Crippen molar-refractivity contribution >= 4 is 5.91 Å². The standard InChI is InChI=1S/C10H18N2O3/c1-2-14-5-7(13)12-9-8(11)6-3-4-15-10(6)9/h6,8-10H,2-5,11H2,1H3,(H,12,13). The van der Waals surface area contributed by atoms with E-state index >= 15 is 0 Å². The minimum absolute atomic E-state index is 0.0227. The predicted molar refractivity (Wildman–Crippen MR) is 54.2 cm³/mol. The summed E-state index contributed by atoms with van der Waals surface area (Å²) in [5, 5.41) is 2.86. The van der Waals surface area contributed by atoms with E-state index in [-0.39, 0.29) is 30.7 Å². The van der Waals surface area contributed by atoms with Crippen molar-refractivity contribution in [3.63, 3.8) is 0 Å². The van der Waals surface area contributed by atoms with Crippen LogP contribution in [0.4, 0.5) is 0 Å². The molecule has 2 aliphatic rings. The fourth-order valence-corrected chi connectivity index (χ4v) is 2.35. The highest BCUT2D eigenvalue weighted by Gasteiger charge is 2.52. The van der Waals surface area contributed by atoms with E-state index in [4.69, 9.17) is 15.2 Å². The molecule has 1 heterocycles. The monoisotopic (exact) mass is 214 g/mol. The van der Waals surface area contributed by atoms with Gasteiger partial charge in [-0.1, -0.05) is 0 Å². The molecular weight excluding hydrogens is 196 g/mol. The van der Waals surface area contributed by atoms with Gasteiger partial charge in [0.25, 0.3) is 0 Å². The fourth-order valence-electron chi connectivity index (χ4n) is 2.35. The first-order valence-corrected chi connectivity index (χ1v) is 5.48. The molecule has 5 nitrogen and oxygen atoms in total. The SMILES string of the molecule is CCOCC(=O)NC1C(N)C2CCOC21. The Balaban J connectivity index is 1.77. The van der Waals surface area contributed by atoms with Crippen LogP contribution in [-0.4, -0.2) is 43.9 Å². The van der Waals surface area contributed by atoms with Crippen molar-refractivity contribution in [2.45, 2.75) is 31.5 Å². The molecular formula is C10H18N2O3. The molecule has 1 aliphatic heterocycles. The first kappa shape index (κ1) is 10.9. The molecule has 4 unspecified atom stereocenters. The highest BCUT2D eigenvalue weighted by Crippen LogP contribution is 2.37. The molecule has 15 heavy (non-hydrogen) atoms. The van der Waals surface area contributed by atoms with Gasteiger partial charge in [0.05, 0.1) is 12.1 Å². The molecule has 3 N–H and O–H groups in total. The highest BCUT2D eigenvalue weighted by molar-refractivity contribution is 5.77. The van der Waals surface area contributed by atoms with Gasteiger partial charge >= 0.3 is 0 Å². The third kappa shape index (κ3) is 2.00. The zero-order valence-electron chi connectivity index (χ0n) is 8.94. The Labute approximate surface area is 89.3 Å². The van der Waals surface area contributed by atoms with Gasteiger partial charge < -0.3 is 20.5 Å². The molecule has 5 heteroatoms. The van der Waals surface area contributed by atoms with Crippen molar-refractivity contribution in [2.24, 2.45) is 11.7 Å². The third-order valence-corrected chi connectivity index (χ3v) is 3.21. The lowest BCUT2D eigenvalue weighted by atomic mass is 9.72. The van der Waals surface area contributed by atoms with E-state index in [0.717, 1.165) is 13.0 Å². The number of hydrogen-bond acceptors (Lipinski definition) is 4. The molecule has 0 spiro atoms. The zero-order chi connectivity index (χ0) is 10.8. The molecule has 2 fully saturated rings. The van der Waals surface area contributed by atoms with Crippen LogP contribution in [0, 0.1) is 5.92 Å². The van der Waals surface area contributed by atoms with E-state index in [1.165, 1.54) is 0 Å². The molecule has 86 valence electrons. The Morgan fingerprint density at radius 3 is 3.20 bits per heavy atom. The number of amides is 1. The average molecular weight is 214 g/mol. The first-order chi connectivity index (χ1) is 7.24. The van der Waals surface area contributed by atoms with E-state index in [0.29, 0.717) is 12.5 Å². The van der Waals surface area contributed by atoms with Crippen LogP contribution in [0.2, 0.25) is 0 Å². The third-order valence-electron chi connectivity index (χ3n) is 3.21. The zero-order valence-corrected chi connectivity index (χ0v) is 8.94. The lowest BCUT2D eigenvalue weighted by molar-refractivity contribution is -0.130. The topological polar surface area (TPSA) is 73.6 Å². The van der Waals surface area contributed by atoms with Gasteiger partial charge in [0, 0.05) is 25.2 Å². The van der Waals surface area contributed by atoms with Crippen molar-refractivity contribution in [1.82, 2.24) is 5.32 Å². The van der Waals surface area contributed by atoms with E-state index in [9.17, 15) is 4.79 Å². The Bertz CT molecular complexity index is 247. The van der Waals surface area contributed by atoms with Gasteiger partial charge in [-0.3, -0.25) is 4.79 Å². The van der Waals surface area contributed by atoms with Gasteiger partial charge in [-0.2, -0.15) is 0 Å². The first-order valence-electron chi connectivity index (χ1n) is 5.48. The van der Waals surface area contributed by atoms with Crippen LogP contribution in [-0.2, 0) is 14.3 Å². The Kier molecular flexibility index (Phi) is 3.23. The summed E-state index contributed by atoms with van der Waals surface area (Å²) in [5.41, 5.74) is 5.95. The van der Waals surface area contributed by atoms with Crippen molar-refractivity contribution in [2.75, 3.05) is 19.8 Å². The van der Waals surface area contributed by atoms with E-state index < -0.39 is 0 Å². The summed E-state index contributed by atoms with van der Waals surface area (Å²) < 4.78 is 10.5.